The molecule has 1 aromatic carbocycles. The molecule has 0 fully saturated rings. The number of nitrogens with zero attached hydrogens (tertiary/aromatic N) is 3. The van der Waals surface area contributed by atoms with Crippen molar-refractivity contribution in [1.82, 2.24) is 20.5 Å². The molecule has 3 aromatic rings. The molecule has 0 atom stereocenters. The summed E-state index contributed by atoms with van der Waals surface area (Å²) in [6.45, 7) is 4.72. The Balaban J connectivity index is 1.68. The summed E-state index contributed by atoms with van der Waals surface area (Å²) in [5.74, 6) is 0.629. The molecule has 8 heteroatoms. The molecule has 0 aliphatic rings. The van der Waals surface area contributed by atoms with E-state index >= 15 is 0 Å². The lowest BCUT2D eigenvalue weighted by Gasteiger charge is -2.23. The highest BCUT2D eigenvalue weighted by atomic mass is 16.5. The number of hydrogen-bond acceptors (Lipinski definition) is 5. The minimum atomic E-state index is -0.0608. The van der Waals surface area contributed by atoms with Crippen LogP contribution in [0.25, 0.3) is 11.0 Å². The average molecular weight is 424 g/mol. The van der Waals surface area contributed by atoms with Crippen LogP contribution in [-0.4, -0.2) is 47.2 Å². The summed E-state index contributed by atoms with van der Waals surface area (Å²) in [5.41, 5.74) is 2.31. The van der Waals surface area contributed by atoms with Crippen molar-refractivity contribution in [2.45, 2.75) is 33.1 Å². The van der Waals surface area contributed by atoms with E-state index in [4.69, 9.17) is 4.74 Å². The number of aromatic nitrogens is 3. The lowest BCUT2D eigenvalue weighted by atomic mass is 10.1. The van der Waals surface area contributed by atoms with E-state index in [-0.39, 0.29) is 17.7 Å². The van der Waals surface area contributed by atoms with Gasteiger partial charge in [0.25, 0.3) is 0 Å². The molecule has 2 amide bonds. The van der Waals surface area contributed by atoms with Gasteiger partial charge in [0.15, 0.2) is 5.65 Å². The number of pyridine rings is 1. The first-order chi connectivity index (χ1) is 15.0. The number of nitrogens with one attached hydrogen (secondary N) is 2. The molecule has 0 bridgehead atoms. The normalized spacial score (nSPS) is 11.0. The van der Waals surface area contributed by atoms with Gasteiger partial charge in [-0.25, -0.2) is 4.98 Å². The zero-order chi connectivity index (χ0) is 22.2. The maximum Gasteiger partial charge on any atom is 0.227 e. The number of anilines is 1. The molecule has 0 aliphatic carbocycles. The molecule has 0 unspecified atom stereocenters. The van der Waals surface area contributed by atoms with Crippen LogP contribution in [0.1, 0.15) is 32.4 Å². The van der Waals surface area contributed by atoms with Gasteiger partial charge in [0.1, 0.15) is 5.75 Å². The van der Waals surface area contributed by atoms with Crippen molar-refractivity contribution in [3.05, 3.63) is 48.3 Å². The molecule has 8 nitrogen and oxygen atoms in total. The average Bonchev–Trinajstić information content (AvgIpc) is 3.20. The molecule has 164 valence electrons. The fraction of sp³-hybridized carbons (Fsp3) is 0.391. The maximum absolute atomic E-state index is 13.2. The van der Waals surface area contributed by atoms with Gasteiger partial charge in [-0.1, -0.05) is 19.9 Å². The van der Waals surface area contributed by atoms with Gasteiger partial charge in [0.05, 0.1) is 12.8 Å². The number of amides is 2. The number of carbonyl (C=O) groups excluding carboxylic acids is 2. The van der Waals surface area contributed by atoms with Crippen LogP contribution < -0.4 is 15.0 Å². The topological polar surface area (TPSA) is 100 Å². The van der Waals surface area contributed by atoms with Gasteiger partial charge in [0.2, 0.25) is 11.8 Å². The van der Waals surface area contributed by atoms with Crippen molar-refractivity contribution in [2.24, 2.45) is 5.92 Å². The largest absolute Gasteiger partial charge is 0.497 e. The van der Waals surface area contributed by atoms with Crippen molar-refractivity contribution in [1.29, 1.82) is 0 Å². The number of methoxy groups -OCH3 is 1. The fourth-order valence-electron chi connectivity index (χ4n) is 3.29. The van der Waals surface area contributed by atoms with Crippen LogP contribution in [0.2, 0.25) is 0 Å². The second-order valence-electron chi connectivity index (χ2n) is 7.62. The molecule has 31 heavy (non-hydrogen) atoms. The SMILES string of the molecule is COc1cccc(N(CCCNC(=O)C(C)C)C(=O)CCc2n[nH]c3ncccc23)c1. The second-order valence-corrected chi connectivity index (χ2v) is 7.62. The first kappa shape index (κ1) is 22.3. The first-order valence-corrected chi connectivity index (χ1v) is 10.5. The number of hydrogen-bond donors (Lipinski definition) is 2. The molecule has 2 heterocycles. The van der Waals surface area contributed by atoms with Gasteiger partial charge in [-0.2, -0.15) is 5.10 Å². The number of carbonyl (C=O) groups is 2. The summed E-state index contributed by atoms with van der Waals surface area (Å²) in [4.78, 5) is 30.9. The van der Waals surface area contributed by atoms with Gasteiger partial charge in [-0.05, 0) is 30.7 Å². The fourth-order valence-corrected chi connectivity index (χ4v) is 3.29. The molecule has 0 spiro atoms. The number of H-pyrrole nitrogens is 1. The quantitative estimate of drug-likeness (QED) is 0.488. The third-order valence-electron chi connectivity index (χ3n) is 5.04. The van der Waals surface area contributed by atoms with Crippen molar-refractivity contribution in [3.63, 3.8) is 0 Å². The van der Waals surface area contributed by atoms with Crippen molar-refractivity contribution < 1.29 is 14.3 Å². The van der Waals surface area contributed by atoms with E-state index in [9.17, 15) is 9.59 Å². The van der Waals surface area contributed by atoms with Crippen LogP contribution in [0.5, 0.6) is 5.75 Å². The van der Waals surface area contributed by atoms with Crippen LogP contribution in [0.15, 0.2) is 42.6 Å². The van der Waals surface area contributed by atoms with E-state index in [2.05, 4.69) is 20.5 Å². The van der Waals surface area contributed by atoms with E-state index in [1.54, 1.807) is 18.2 Å². The van der Waals surface area contributed by atoms with Crippen LogP contribution in [0, 0.1) is 5.92 Å². The molecule has 0 saturated carbocycles. The molecule has 0 saturated heterocycles. The van der Waals surface area contributed by atoms with E-state index in [1.807, 2.05) is 50.2 Å². The Bertz CT molecular complexity index is 1030. The summed E-state index contributed by atoms with van der Waals surface area (Å²) in [5, 5.41) is 11.1. The van der Waals surface area contributed by atoms with Crippen molar-refractivity contribution >= 4 is 28.5 Å². The monoisotopic (exact) mass is 423 g/mol. The molecule has 2 aromatic heterocycles. The lowest BCUT2D eigenvalue weighted by Crippen LogP contribution is -2.35. The van der Waals surface area contributed by atoms with Gasteiger partial charge in [0, 0.05) is 55.2 Å². The number of rotatable bonds is 10. The number of benzene rings is 1. The first-order valence-electron chi connectivity index (χ1n) is 10.5. The van der Waals surface area contributed by atoms with E-state index in [0.29, 0.717) is 38.1 Å². The van der Waals surface area contributed by atoms with Crippen LogP contribution in [0.3, 0.4) is 0 Å². The molecule has 2 N–H and O–H groups in total. The van der Waals surface area contributed by atoms with Gasteiger partial charge in [-0.15, -0.1) is 0 Å². The standard InChI is InChI=1S/C23H29N5O3/c1-16(2)23(30)25-13-6-14-28(17-7-4-8-18(15-17)31-3)21(29)11-10-20-19-9-5-12-24-22(19)27-26-20/h4-5,7-9,12,15-16H,6,10-11,13-14H2,1-3H3,(H,25,30)(H,24,26,27). The summed E-state index contributed by atoms with van der Waals surface area (Å²) in [6.07, 6.45) is 3.17. The number of fused-ring (bicyclic) bond motifs is 1. The highest BCUT2D eigenvalue weighted by molar-refractivity contribution is 5.94. The van der Waals surface area contributed by atoms with Crippen LogP contribution in [-0.2, 0) is 16.0 Å². The number of aryl methyl sites for hydroxylation is 1. The Kier molecular flexibility index (Phi) is 7.59. The number of aromatic amines is 1. The van der Waals surface area contributed by atoms with Crippen molar-refractivity contribution in [3.8, 4) is 5.75 Å². The molecular weight excluding hydrogens is 394 g/mol. The smallest absolute Gasteiger partial charge is 0.227 e. The summed E-state index contributed by atoms with van der Waals surface area (Å²) >= 11 is 0. The van der Waals surface area contributed by atoms with E-state index < -0.39 is 0 Å². The van der Waals surface area contributed by atoms with E-state index in [0.717, 1.165) is 22.4 Å². The summed E-state index contributed by atoms with van der Waals surface area (Å²) in [6, 6.07) is 11.2. The molecule has 0 aliphatic heterocycles. The third-order valence-corrected chi connectivity index (χ3v) is 5.04. The number of ether oxygens (including phenoxy) is 1. The predicted octanol–water partition coefficient (Wildman–Crippen LogP) is 3.09. The third kappa shape index (κ3) is 5.81. The Morgan fingerprint density at radius 2 is 2.06 bits per heavy atom. The predicted molar refractivity (Wildman–Crippen MR) is 120 cm³/mol. The van der Waals surface area contributed by atoms with E-state index in [1.165, 1.54) is 0 Å². The highest BCUT2D eigenvalue weighted by Crippen LogP contribution is 2.23. The zero-order valence-electron chi connectivity index (χ0n) is 18.2. The lowest BCUT2D eigenvalue weighted by molar-refractivity contribution is -0.123. The van der Waals surface area contributed by atoms with Crippen LogP contribution >= 0.6 is 0 Å². The minimum Gasteiger partial charge on any atom is -0.497 e. The van der Waals surface area contributed by atoms with Gasteiger partial charge >= 0.3 is 0 Å². The minimum absolute atomic E-state index is 0.0107. The Morgan fingerprint density at radius 3 is 2.84 bits per heavy atom. The highest BCUT2D eigenvalue weighted by Gasteiger charge is 2.18. The van der Waals surface area contributed by atoms with Gasteiger partial charge < -0.3 is 15.0 Å². The van der Waals surface area contributed by atoms with Gasteiger partial charge in [-0.3, -0.25) is 14.7 Å². The second kappa shape index (κ2) is 10.6. The Morgan fingerprint density at radius 1 is 1.23 bits per heavy atom. The molecule has 3 rings (SSSR count). The molecule has 0 radical (unpaired) electrons. The maximum atomic E-state index is 13.2. The van der Waals surface area contributed by atoms with Crippen molar-refractivity contribution in [2.75, 3.05) is 25.1 Å². The summed E-state index contributed by atoms with van der Waals surface area (Å²) < 4.78 is 5.32. The summed E-state index contributed by atoms with van der Waals surface area (Å²) in [7, 11) is 1.60. The zero-order valence-corrected chi connectivity index (χ0v) is 18.2. The molecular formula is C23H29N5O3. The Labute approximate surface area is 182 Å². The Hall–Kier alpha value is -3.42. The van der Waals surface area contributed by atoms with Crippen LogP contribution in [0.4, 0.5) is 5.69 Å².